The van der Waals surface area contributed by atoms with Crippen LogP contribution in [0.3, 0.4) is 0 Å². The number of esters is 1. The Morgan fingerprint density at radius 1 is 1.19 bits per heavy atom. The first-order valence-corrected chi connectivity index (χ1v) is 8.50. The number of nitrogens with zero attached hydrogens (tertiary/aromatic N) is 3. The molecule has 9 heteroatoms. The third-order valence-electron chi connectivity index (χ3n) is 3.64. The fourth-order valence-electron chi connectivity index (χ4n) is 2.21. The fourth-order valence-corrected chi connectivity index (χ4v) is 2.40. The first-order chi connectivity index (χ1) is 12.7. The van der Waals surface area contributed by atoms with Gasteiger partial charge in [0.2, 0.25) is 0 Å². The fraction of sp³-hybridized carbons (Fsp3) is 0.333. The Morgan fingerprint density at radius 3 is 2.56 bits per heavy atom. The molecule has 0 unspecified atom stereocenters. The van der Waals surface area contributed by atoms with E-state index in [0.717, 1.165) is 10.3 Å². The maximum Gasteiger partial charge on any atom is 0.339 e. The largest absolute Gasteiger partial charge is 0.458 e. The SMILES string of the molecule is CC(C)=NOCCOC(=O)c1cc(-n2c(=O)cc(C)n(C)c2=O)ccc1Cl. The van der Waals surface area contributed by atoms with Gasteiger partial charge in [-0.2, -0.15) is 0 Å². The number of rotatable bonds is 6. The predicted molar refractivity (Wildman–Crippen MR) is 102 cm³/mol. The number of halogens is 1. The number of carbonyl (C=O) groups is 1. The van der Waals surface area contributed by atoms with Crippen LogP contribution < -0.4 is 11.2 Å². The minimum atomic E-state index is -0.695. The molecule has 0 amide bonds. The van der Waals surface area contributed by atoms with Crippen LogP contribution in [-0.2, 0) is 16.6 Å². The lowest BCUT2D eigenvalue weighted by Gasteiger charge is -2.11. The lowest BCUT2D eigenvalue weighted by atomic mass is 10.2. The summed E-state index contributed by atoms with van der Waals surface area (Å²) in [5.41, 5.74) is 0.501. The summed E-state index contributed by atoms with van der Waals surface area (Å²) in [6, 6.07) is 5.60. The Balaban J connectivity index is 2.28. The number of hydrogen-bond donors (Lipinski definition) is 0. The highest BCUT2D eigenvalue weighted by molar-refractivity contribution is 6.33. The topological polar surface area (TPSA) is 91.9 Å². The van der Waals surface area contributed by atoms with Gasteiger partial charge < -0.3 is 14.1 Å². The number of oxime groups is 1. The highest BCUT2D eigenvalue weighted by atomic mass is 35.5. The first kappa shape index (κ1) is 20.4. The maximum atomic E-state index is 12.4. The lowest BCUT2D eigenvalue weighted by molar-refractivity contribution is 0.0328. The van der Waals surface area contributed by atoms with Gasteiger partial charge >= 0.3 is 11.7 Å². The van der Waals surface area contributed by atoms with E-state index in [1.165, 1.54) is 28.8 Å². The van der Waals surface area contributed by atoms with Gasteiger partial charge in [0.05, 0.1) is 22.0 Å². The third kappa shape index (κ3) is 4.85. The van der Waals surface area contributed by atoms with Crippen molar-refractivity contribution in [3.05, 3.63) is 61.4 Å². The van der Waals surface area contributed by atoms with Crippen LogP contribution in [0.15, 0.2) is 39.0 Å². The van der Waals surface area contributed by atoms with E-state index in [1.807, 2.05) is 0 Å². The Labute approximate surface area is 160 Å². The minimum Gasteiger partial charge on any atom is -0.458 e. The second kappa shape index (κ2) is 8.68. The first-order valence-electron chi connectivity index (χ1n) is 8.12. The summed E-state index contributed by atoms with van der Waals surface area (Å²) in [6.45, 7) is 5.27. The van der Waals surface area contributed by atoms with Crippen molar-refractivity contribution in [2.45, 2.75) is 20.8 Å². The normalized spacial score (nSPS) is 10.4. The molecular formula is C18H20ClN3O5. The average Bonchev–Trinajstić information content (AvgIpc) is 2.60. The van der Waals surface area contributed by atoms with Crippen LogP contribution in [0.4, 0.5) is 0 Å². The van der Waals surface area contributed by atoms with Gasteiger partial charge in [0.1, 0.15) is 6.61 Å². The van der Waals surface area contributed by atoms with E-state index in [2.05, 4.69) is 5.16 Å². The maximum absolute atomic E-state index is 12.4. The van der Waals surface area contributed by atoms with Crippen LogP contribution in [-0.4, -0.2) is 34.0 Å². The summed E-state index contributed by atoms with van der Waals surface area (Å²) in [5, 5.41) is 3.87. The third-order valence-corrected chi connectivity index (χ3v) is 3.97. The van der Waals surface area contributed by atoms with E-state index < -0.39 is 17.2 Å². The lowest BCUT2D eigenvalue weighted by Crippen LogP contribution is -2.38. The molecule has 2 aromatic rings. The van der Waals surface area contributed by atoms with Crippen molar-refractivity contribution in [1.82, 2.24) is 9.13 Å². The van der Waals surface area contributed by atoms with Gasteiger partial charge in [-0.3, -0.25) is 4.79 Å². The number of hydrogen-bond acceptors (Lipinski definition) is 6. The zero-order valence-corrected chi connectivity index (χ0v) is 16.2. The van der Waals surface area contributed by atoms with Gasteiger partial charge in [-0.15, -0.1) is 0 Å². The summed E-state index contributed by atoms with van der Waals surface area (Å²) in [6.07, 6.45) is 0. The number of carbonyl (C=O) groups excluding carboxylic acids is 1. The van der Waals surface area contributed by atoms with Gasteiger partial charge in [-0.05, 0) is 39.0 Å². The highest BCUT2D eigenvalue weighted by Gasteiger charge is 2.16. The van der Waals surface area contributed by atoms with Crippen LogP contribution >= 0.6 is 11.6 Å². The van der Waals surface area contributed by atoms with E-state index in [1.54, 1.807) is 27.8 Å². The van der Waals surface area contributed by atoms with Crippen molar-refractivity contribution < 1.29 is 14.4 Å². The number of aryl methyl sites for hydroxylation is 1. The van der Waals surface area contributed by atoms with Gasteiger partial charge in [-0.25, -0.2) is 14.2 Å². The standard InChI is InChI=1S/C18H20ClN3O5/c1-11(2)20-27-8-7-26-17(24)14-10-13(5-6-15(14)19)22-16(23)9-12(3)21(4)18(22)25/h5-6,9-10H,7-8H2,1-4H3. The second-order valence-corrected chi connectivity index (χ2v) is 6.38. The number of benzene rings is 1. The summed E-state index contributed by atoms with van der Waals surface area (Å²) in [4.78, 5) is 41.9. The van der Waals surface area contributed by atoms with Crippen molar-refractivity contribution in [1.29, 1.82) is 0 Å². The number of aromatic nitrogens is 2. The van der Waals surface area contributed by atoms with Crippen molar-refractivity contribution >= 4 is 23.3 Å². The van der Waals surface area contributed by atoms with Gasteiger partial charge in [0.15, 0.2) is 6.61 Å². The number of ether oxygens (including phenoxy) is 1. The Bertz CT molecular complexity index is 1000. The predicted octanol–water partition coefficient (Wildman–Crippen LogP) is 2.07. The van der Waals surface area contributed by atoms with E-state index in [4.69, 9.17) is 21.2 Å². The molecule has 27 heavy (non-hydrogen) atoms. The molecule has 0 fully saturated rings. The Hall–Kier alpha value is -2.87. The monoisotopic (exact) mass is 393 g/mol. The van der Waals surface area contributed by atoms with Crippen molar-refractivity contribution in [3.8, 4) is 5.69 Å². The molecular weight excluding hydrogens is 374 g/mol. The second-order valence-electron chi connectivity index (χ2n) is 5.97. The molecule has 0 atom stereocenters. The molecule has 0 aliphatic carbocycles. The smallest absolute Gasteiger partial charge is 0.339 e. The molecule has 1 heterocycles. The molecule has 0 aliphatic rings. The minimum absolute atomic E-state index is 0.0254. The van der Waals surface area contributed by atoms with E-state index >= 15 is 0 Å². The van der Waals surface area contributed by atoms with Crippen LogP contribution in [0, 0.1) is 6.92 Å². The molecule has 1 aromatic heterocycles. The Kier molecular flexibility index (Phi) is 6.57. The van der Waals surface area contributed by atoms with Crippen molar-refractivity contribution in [2.75, 3.05) is 13.2 Å². The zero-order valence-electron chi connectivity index (χ0n) is 15.5. The van der Waals surface area contributed by atoms with Crippen LogP contribution in [0.1, 0.15) is 29.9 Å². The van der Waals surface area contributed by atoms with Gasteiger partial charge in [-0.1, -0.05) is 16.8 Å². The molecule has 2 rings (SSSR count). The van der Waals surface area contributed by atoms with E-state index in [0.29, 0.717) is 5.69 Å². The molecule has 0 saturated carbocycles. The van der Waals surface area contributed by atoms with Gasteiger partial charge in [0.25, 0.3) is 5.56 Å². The summed E-state index contributed by atoms with van der Waals surface area (Å²) in [5.74, 6) is -0.695. The molecule has 0 aliphatic heterocycles. The van der Waals surface area contributed by atoms with E-state index in [-0.39, 0.29) is 29.5 Å². The van der Waals surface area contributed by atoms with Crippen LogP contribution in [0.5, 0.6) is 0 Å². The zero-order chi connectivity index (χ0) is 20.1. The molecule has 0 spiro atoms. The van der Waals surface area contributed by atoms with Crippen LogP contribution in [0.2, 0.25) is 5.02 Å². The molecule has 0 N–H and O–H groups in total. The van der Waals surface area contributed by atoms with E-state index in [9.17, 15) is 14.4 Å². The van der Waals surface area contributed by atoms with Crippen LogP contribution in [0.25, 0.3) is 5.69 Å². The average molecular weight is 394 g/mol. The molecule has 0 radical (unpaired) electrons. The van der Waals surface area contributed by atoms with Gasteiger partial charge in [0, 0.05) is 18.8 Å². The molecule has 1 aromatic carbocycles. The highest BCUT2D eigenvalue weighted by Crippen LogP contribution is 2.20. The Morgan fingerprint density at radius 2 is 1.89 bits per heavy atom. The summed E-state index contributed by atoms with van der Waals surface area (Å²) >= 11 is 6.07. The molecule has 0 saturated heterocycles. The molecule has 8 nitrogen and oxygen atoms in total. The molecule has 0 bridgehead atoms. The van der Waals surface area contributed by atoms with Crippen molar-refractivity contribution in [3.63, 3.8) is 0 Å². The van der Waals surface area contributed by atoms with Crippen molar-refractivity contribution in [2.24, 2.45) is 12.2 Å². The quantitative estimate of drug-likeness (QED) is 0.324. The molecule has 144 valence electrons. The summed E-state index contributed by atoms with van der Waals surface area (Å²) in [7, 11) is 1.55. The summed E-state index contributed by atoms with van der Waals surface area (Å²) < 4.78 is 7.39.